The summed E-state index contributed by atoms with van der Waals surface area (Å²) >= 11 is 0. The van der Waals surface area contributed by atoms with Crippen molar-refractivity contribution in [1.82, 2.24) is 9.78 Å². The summed E-state index contributed by atoms with van der Waals surface area (Å²) in [7, 11) is 0. The summed E-state index contributed by atoms with van der Waals surface area (Å²) in [6, 6.07) is 5.55. The Bertz CT molecular complexity index is 956. The minimum atomic E-state index is -0.794. The van der Waals surface area contributed by atoms with Crippen LogP contribution in [0.5, 0.6) is 0 Å². The lowest BCUT2D eigenvalue weighted by atomic mass is 10.1. The molecular formula is C15H13N5O4. The SMILES string of the molecule is Cc1nn(Cc2ccc(C(N)=O)cc2[N+](=O)[O-])c(=O)c(C#N)c1C. The molecule has 0 spiro atoms. The van der Waals surface area contributed by atoms with E-state index >= 15 is 0 Å². The Kier molecular flexibility index (Phi) is 4.41. The van der Waals surface area contributed by atoms with Gasteiger partial charge in [0.1, 0.15) is 11.6 Å². The van der Waals surface area contributed by atoms with Gasteiger partial charge in [-0.1, -0.05) is 0 Å². The molecule has 1 aromatic carbocycles. The van der Waals surface area contributed by atoms with E-state index in [0.717, 1.165) is 10.7 Å². The number of carbonyl (C=O) groups excluding carboxylic acids is 1. The summed E-state index contributed by atoms with van der Waals surface area (Å²) in [5, 5.41) is 24.4. The van der Waals surface area contributed by atoms with Crippen LogP contribution in [0.3, 0.4) is 0 Å². The number of nitriles is 1. The molecule has 0 aliphatic heterocycles. The molecule has 24 heavy (non-hydrogen) atoms. The summed E-state index contributed by atoms with van der Waals surface area (Å²) in [5.41, 5.74) is 5.19. The molecular weight excluding hydrogens is 314 g/mol. The van der Waals surface area contributed by atoms with Crippen LogP contribution in [0.25, 0.3) is 0 Å². The van der Waals surface area contributed by atoms with Gasteiger partial charge in [0.2, 0.25) is 5.91 Å². The summed E-state index contributed by atoms with van der Waals surface area (Å²) in [6.45, 7) is 3.04. The summed E-state index contributed by atoms with van der Waals surface area (Å²) in [5.74, 6) is -0.794. The average Bonchev–Trinajstić information content (AvgIpc) is 2.53. The predicted molar refractivity (Wildman–Crippen MR) is 83.4 cm³/mol. The van der Waals surface area contributed by atoms with Gasteiger partial charge in [0.05, 0.1) is 22.7 Å². The molecule has 0 aliphatic carbocycles. The average molecular weight is 327 g/mol. The third-order valence-corrected chi connectivity index (χ3v) is 3.64. The molecule has 1 amide bonds. The van der Waals surface area contributed by atoms with Gasteiger partial charge in [-0.05, 0) is 31.5 Å². The molecule has 0 radical (unpaired) electrons. The first-order chi connectivity index (χ1) is 11.3. The standard InChI is InChI=1S/C15H13N5O4/c1-8-9(2)18-19(15(22)12(8)6-16)7-11-4-3-10(14(17)21)5-13(11)20(23)24/h3-5H,7H2,1-2H3,(H2,17,21). The fraction of sp³-hybridized carbons (Fsp3) is 0.200. The largest absolute Gasteiger partial charge is 0.366 e. The lowest BCUT2D eigenvalue weighted by Gasteiger charge is -2.10. The van der Waals surface area contributed by atoms with Crippen LogP contribution in [-0.4, -0.2) is 20.6 Å². The van der Waals surface area contributed by atoms with E-state index in [4.69, 9.17) is 11.0 Å². The lowest BCUT2D eigenvalue weighted by Crippen LogP contribution is -2.28. The van der Waals surface area contributed by atoms with Gasteiger partial charge in [0, 0.05) is 11.6 Å². The number of nitrogens with two attached hydrogens (primary N) is 1. The quantitative estimate of drug-likeness (QED) is 0.649. The molecule has 0 aliphatic rings. The van der Waals surface area contributed by atoms with Crippen LogP contribution in [-0.2, 0) is 6.54 Å². The van der Waals surface area contributed by atoms with Gasteiger partial charge < -0.3 is 5.73 Å². The number of aromatic nitrogens is 2. The van der Waals surface area contributed by atoms with Crippen LogP contribution in [0.4, 0.5) is 5.69 Å². The van der Waals surface area contributed by atoms with Gasteiger partial charge in [-0.3, -0.25) is 19.7 Å². The lowest BCUT2D eigenvalue weighted by molar-refractivity contribution is -0.385. The highest BCUT2D eigenvalue weighted by Gasteiger charge is 2.19. The molecule has 2 N–H and O–H groups in total. The maximum absolute atomic E-state index is 12.3. The number of amides is 1. The predicted octanol–water partition coefficient (Wildman–Crippen LogP) is 0.787. The monoisotopic (exact) mass is 327 g/mol. The molecule has 0 saturated carbocycles. The third kappa shape index (κ3) is 2.98. The minimum Gasteiger partial charge on any atom is -0.366 e. The van der Waals surface area contributed by atoms with Crippen molar-refractivity contribution in [3.63, 3.8) is 0 Å². The number of hydrogen-bond acceptors (Lipinski definition) is 6. The van der Waals surface area contributed by atoms with Crippen molar-refractivity contribution in [2.24, 2.45) is 5.73 Å². The fourth-order valence-corrected chi connectivity index (χ4v) is 2.19. The Morgan fingerprint density at radius 3 is 2.67 bits per heavy atom. The van der Waals surface area contributed by atoms with Crippen LogP contribution in [0, 0.1) is 35.3 Å². The van der Waals surface area contributed by atoms with Crippen molar-refractivity contribution >= 4 is 11.6 Å². The number of nitro groups is 1. The number of hydrogen-bond donors (Lipinski definition) is 1. The molecule has 0 bridgehead atoms. The van der Waals surface area contributed by atoms with E-state index in [1.807, 2.05) is 6.07 Å². The number of rotatable bonds is 4. The molecule has 0 saturated heterocycles. The van der Waals surface area contributed by atoms with Crippen molar-refractivity contribution in [2.75, 3.05) is 0 Å². The van der Waals surface area contributed by atoms with Gasteiger partial charge in [0.25, 0.3) is 11.2 Å². The zero-order valence-electron chi connectivity index (χ0n) is 12.9. The first-order valence-electron chi connectivity index (χ1n) is 6.81. The second kappa shape index (κ2) is 6.29. The molecule has 1 aromatic heterocycles. The van der Waals surface area contributed by atoms with Crippen LogP contribution in [0.15, 0.2) is 23.0 Å². The smallest absolute Gasteiger partial charge is 0.285 e. The van der Waals surface area contributed by atoms with Gasteiger partial charge in [-0.2, -0.15) is 10.4 Å². The molecule has 0 unspecified atom stereocenters. The summed E-state index contributed by atoms with van der Waals surface area (Å²) in [6.07, 6.45) is 0. The summed E-state index contributed by atoms with van der Waals surface area (Å²) < 4.78 is 0.993. The molecule has 0 atom stereocenters. The normalized spacial score (nSPS) is 10.2. The molecule has 2 aromatic rings. The first kappa shape index (κ1) is 16.8. The molecule has 0 fully saturated rings. The molecule has 9 nitrogen and oxygen atoms in total. The Morgan fingerprint density at radius 1 is 1.46 bits per heavy atom. The number of nitro benzene ring substituents is 1. The van der Waals surface area contributed by atoms with E-state index in [1.165, 1.54) is 12.1 Å². The van der Waals surface area contributed by atoms with Crippen molar-refractivity contribution in [3.8, 4) is 6.07 Å². The van der Waals surface area contributed by atoms with E-state index in [0.29, 0.717) is 11.3 Å². The van der Waals surface area contributed by atoms with E-state index in [1.54, 1.807) is 13.8 Å². The van der Waals surface area contributed by atoms with E-state index in [9.17, 15) is 19.7 Å². The highest BCUT2D eigenvalue weighted by molar-refractivity contribution is 5.93. The molecule has 9 heteroatoms. The Balaban J connectivity index is 2.59. The molecule has 122 valence electrons. The van der Waals surface area contributed by atoms with Crippen LogP contribution in [0.2, 0.25) is 0 Å². The Morgan fingerprint density at radius 2 is 2.12 bits per heavy atom. The zero-order chi connectivity index (χ0) is 18.0. The van der Waals surface area contributed by atoms with Crippen molar-refractivity contribution < 1.29 is 9.72 Å². The highest BCUT2D eigenvalue weighted by Crippen LogP contribution is 2.21. The maximum Gasteiger partial charge on any atom is 0.285 e. The van der Waals surface area contributed by atoms with Crippen LogP contribution >= 0.6 is 0 Å². The highest BCUT2D eigenvalue weighted by atomic mass is 16.6. The first-order valence-corrected chi connectivity index (χ1v) is 6.81. The number of carbonyl (C=O) groups is 1. The van der Waals surface area contributed by atoms with Crippen LogP contribution in [0.1, 0.15) is 32.7 Å². The third-order valence-electron chi connectivity index (χ3n) is 3.64. The number of benzene rings is 1. The minimum absolute atomic E-state index is 0.0106. The van der Waals surface area contributed by atoms with E-state index in [-0.39, 0.29) is 28.9 Å². The number of aryl methyl sites for hydroxylation is 1. The fourth-order valence-electron chi connectivity index (χ4n) is 2.19. The van der Waals surface area contributed by atoms with Crippen molar-refractivity contribution in [3.05, 3.63) is 66.6 Å². The van der Waals surface area contributed by atoms with Crippen molar-refractivity contribution in [1.29, 1.82) is 5.26 Å². The zero-order valence-corrected chi connectivity index (χ0v) is 12.9. The van der Waals surface area contributed by atoms with E-state index in [2.05, 4.69) is 5.10 Å². The second-order valence-corrected chi connectivity index (χ2v) is 5.12. The van der Waals surface area contributed by atoms with Gasteiger partial charge in [0.15, 0.2) is 0 Å². The molecule has 1 heterocycles. The van der Waals surface area contributed by atoms with Gasteiger partial charge in [-0.25, -0.2) is 4.68 Å². The van der Waals surface area contributed by atoms with Crippen molar-refractivity contribution in [2.45, 2.75) is 20.4 Å². The van der Waals surface area contributed by atoms with Crippen LogP contribution < -0.4 is 11.3 Å². The molecule has 2 rings (SSSR count). The topological polar surface area (TPSA) is 145 Å². The van der Waals surface area contributed by atoms with Gasteiger partial charge >= 0.3 is 0 Å². The number of primary amides is 1. The number of nitrogens with zero attached hydrogens (tertiary/aromatic N) is 4. The van der Waals surface area contributed by atoms with Gasteiger partial charge in [-0.15, -0.1) is 0 Å². The summed E-state index contributed by atoms with van der Waals surface area (Å²) in [4.78, 5) is 34.0. The Labute approximate surface area is 136 Å². The maximum atomic E-state index is 12.3. The van der Waals surface area contributed by atoms with E-state index < -0.39 is 16.4 Å². The Hall–Kier alpha value is -3.54. The second-order valence-electron chi connectivity index (χ2n) is 5.12.